The number of carbonyl (C=O) groups excluding carboxylic acids is 1. The molecule has 100 valence electrons. The number of carbonyl (C=O) groups is 2. The van der Waals surface area contributed by atoms with Crippen LogP contribution in [0.15, 0.2) is 12.5 Å². The molecule has 0 atom stereocenters. The SMILES string of the molecule is CCNCCC(=O)NCCn1cnc(C(=O)O)c1. The van der Waals surface area contributed by atoms with E-state index in [1.807, 2.05) is 6.92 Å². The minimum absolute atomic E-state index is 0.00784. The maximum absolute atomic E-state index is 11.4. The summed E-state index contributed by atoms with van der Waals surface area (Å²) in [7, 11) is 0. The molecule has 7 nitrogen and oxygen atoms in total. The van der Waals surface area contributed by atoms with Gasteiger partial charge in [-0.3, -0.25) is 4.79 Å². The van der Waals surface area contributed by atoms with Crippen LogP contribution in [-0.4, -0.2) is 46.2 Å². The zero-order valence-electron chi connectivity index (χ0n) is 10.3. The lowest BCUT2D eigenvalue weighted by Gasteiger charge is -2.05. The molecule has 0 aliphatic heterocycles. The van der Waals surface area contributed by atoms with E-state index >= 15 is 0 Å². The van der Waals surface area contributed by atoms with E-state index in [1.165, 1.54) is 12.5 Å². The Bertz CT molecular complexity index is 403. The Morgan fingerprint density at radius 1 is 1.44 bits per heavy atom. The zero-order chi connectivity index (χ0) is 13.4. The number of aromatic nitrogens is 2. The van der Waals surface area contributed by atoms with Gasteiger partial charge < -0.3 is 20.3 Å². The van der Waals surface area contributed by atoms with Gasteiger partial charge in [0.25, 0.3) is 0 Å². The van der Waals surface area contributed by atoms with Crippen LogP contribution in [-0.2, 0) is 11.3 Å². The van der Waals surface area contributed by atoms with Crippen molar-refractivity contribution < 1.29 is 14.7 Å². The summed E-state index contributed by atoms with van der Waals surface area (Å²) in [6.45, 7) is 4.46. The second kappa shape index (κ2) is 7.44. The topological polar surface area (TPSA) is 96.3 Å². The molecule has 0 bridgehead atoms. The van der Waals surface area contributed by atoms with Crippen molar-refractivity contribution in [3.8, 4) is 0 Å². The molecule has 0 radical (unpaired) electrons. The highest BCUT2D eigenvalue weighted by atomic mass is 16.4. The summed E-state index contributed by atoms with van der Waals surface area (Å²) in [5.74, 6) is -1.07. The van der Waals surface area contributed by atoms with Crippen LogP contribution in [0.2, 0.25) is 0 Å². The molecular weight excluding hydrogens is 236 g/mol. The van der Waals surface area contributed by atoms with E-state index in [0.29, 0.717) is 26.1 Å². The van der Waals surface area contributed by atoms with E-state index < -0.39 is 5.97 Å². The third-order valence-corrected chi connectivity index (χ3v) is 2.32. The third kappa shape index (κ3) is 4.96. The fourth-order valence-electron chi connectivity index (χ4n) is 1.38. The Labute approximate surface area is 105 Å². The lowest BCUT2D eigenvalue weighted by Crippen LogP contribution is -2.30. The number of nitrogens with zero attached hydrogens (tertiary/aromatic N) is 2. The number of nitrogens with one attached hydrogen (secondary N) is 2. The monoisotopic (exact) mass is 254 g/mol. The second-order valence-electron chi connectivity index (χ2n) is 3.76. The summed E-state index contributed by atoms with van der Waals surface area (Å²) in [5, 5.41) is 14.5. The van der Waals surface area contributed by atoms with Crippen LogP contribution in [0.5, 0.6) is 0 Å². The zero-order valence-corrected chi connectivity index (χ0v) is 10.3. The van der Waals surface area contributed by atoms with Crippen molar-refractivity contribution in [3.05, 3.63) is 18.2 Å². The molecule has 3 N–H and O–H groups in total. The molecule has 1 aromatic rings. The number of rotatable bonds is 8. The normalized spacial score (nSPS) is 10.3. The molecular formula is C11H18N4O3. The highest BCUT2D eigenvalue weighted by molar-refractivity contribution is 5.84. The largest absolute Gasteiger partial charge is 0.476 e. The smallest absolute Gasteiger partial charge is 0.356 e. The van der Waals surface area contributed by atoms with E-state index in [9.17, 15) is 9.59 Å². The van der Waals surface area contributed by atoms with Gasteiger partial charge in [-0.05, 0) is 6.54 Å². The minimum atomic E-state index is -1.05. The Morgan fingerprint density at radius 2 is 2.22 bits per heavy atom. The maximum Gasteiger partial charge on any atom is 0.356 e. The molecule has 0 unspecified atom stereocenters. The molecule has 0 fully saturated rings. The fourth-order valence-corrected chi connectivity index (χ4v) is 1.38. The van der Waals surface area contributed by atoms with Crippen molar-refractivity contribution in [3.63, 3.8) is 0 Å². The van der Waals surface area contributed by atoms with Crippen LogP contribution in [0.25, 0.3) is 0 Å². The lowest BCUT2D eigenvalue weighted by atomic mass is 10.4. The summed E-state index contributed by atoms with van der Waals surface area (Å²) < 4.78 is 1.63. The van der Waals surface area contributed by atoms with Gasteiger partial charge in [0.05, 0.1) is 6.33 Å². The highest BCUT2D eigenvalue weighted by Crippen LogP contribution is 1.95. The molecule has 0 aliphatic carbocycles. The number of carboxylic acid groups (broad SMARTS) is 1. The van der Waals surface area contributed by atoms with Gasteiger partial charge >= 0.3 is 5.97 Å². The molecule has 1 rings (SSSR count). The van der Waals surface area contributed by atoms with Gasteiger partial charge in [0, 0.05) is 32.3 Å². The molecule has 1 amide bonds. The predicted molar refractivity (Wildman–Crippen MR) is 65.4 cm³/mol. The average Bonchev–Trinajstić information content (AvgIpc) is 2.78. The average molecular weight is 254 g/mol. The van der Waals surface area contributed by atoms with Gasteiger partial charge in [-0.15, -0.1) is 0 Å². The van der Waals surface area contributed by atoms with Gasteiger partial charge in [0.2, 0.25) is 5.91 Å². The standard InChI is InChI=1S/C11H18N4O3/c1-2-12-4-3-10(16)13-5-6-15-7-9(11(17)18)14-8-15/h7-8,12H,2-6H2,1H3,(H,13,16)(H,17,18). The number of amides is 1. The van der Waals surface area contributed by atoms with Crippen molar-refractivity contribution in [1.29, 1.82) is 0 Å². The molecule has 1 aromatic heterocycles. The van der Waals surface area contributed by atoms with Crippen molar-refractivity contribution in [2.75, 3.05) is 19.6 Å². The Hall–Kier alpha value is -1.89. The number of aromatic carboxylic acids is 1. The summed E-state index contributed by atoms with van der Waals surface area (Å²) in [4.78, 5) is 25.7. The van der Waals surface area contributed by atoms with Gasteiger partial charge in [-0.25, -0.2) is 9.78 Å². The van der Waals surface area contributed by atoms with E-state index in [-0.39, 0.29) is 11.6 Å². The number of imidazole rings is 1. The van der Waals surface area contributed by atoms with Crippen LogP contribution in [0.3, 0.4) is 0 Å². The van der Waals surface area contributed by atoms with Crippen LogP contribution in [0.1, 0.15) is 23.8 Å². The molecule has 0 saturated heterocycles. The molecule has 1 heterocycles. The predicted octanol–water partition coefficient (Wildman–Crippen LogP) is -0.303. The van der Waals surface area contributed by atoms with E-state index in [0.717, 1.165) is 6.54 Å². The quantitative estimate of drug-likeness (QED) is 0.553. The van der Waals surface area contributed by atoms with Crippen LogP contribution < -0.4 is 10.6 Å². The molecule has 0 aliphatic rings. The van der Waals surface area contributed by atoms with Gasteiger partial charge in [-0.2, -0.15) is 0 Å². The summed E-state index contributed by atoms with van der Waals surface area (Å²) >= 11 is 0. The fraction of sp³-hybridized carbons (Fsp3) is 0.545. The van der Waals surface area contributed by atoms with Crippen molar-refractivity contribution in [2.45, 2.75) is 19.9 Å². The first-order valence-electron chi connectivity index (χ1n) is 5.86. The Morgan fingerprint density at radius 3 is 2.83 bits per heavy atom. The first-order valence-corrected chi connectivity index (χ1v) is 5.86. The van der Waals surface area contributed by atoms with Crippen molar-refractivity contribution in [1.82, 2.24) is 20.2 Å². The number of hydrogen-bond donors (Lipinski definition) is 3. The van der Waals surface area contributed by atoms with Crippen LogP contribution in [0, 0.1) is 0 Å². The number of carboxylic acids is 1. The van der Waals surface area contributed by atoms with E-state index in [4.69, 9.17) is 5.11 Å². The molecule has 7 heteroatoms. The Balaban J connectivity index is 2.20. The first-order chi connectivity index (χ1) is 8.63. The molecule has 0 aromatic carbocycles. The number of hydrogen-bond acceptors (Lipinski definition) is 4. The van der Waals surface area contributed by atoms with Gasteiger partial charge in [0.1, 0.15) is 0 Å². The van der Waals surface area contributed by atoms with Gasteiger partial charge in [0.15, 0.2) is 5.69 Å². The first kappa shape index (κ1) is 14.2. The second-order valence-corrected chi connectivity index (χ2v) is 3.76. The van der Waals surface area contributed by atoms with Crippen LogP contribution in [0.4, 0.5) is 0 Å². The maximum atomic E-state index is 11.4. The molecule has 0 spiro atoms. The summed E-state index contributed by atoms with van der Waals surface area (Å²) in [6, 6.07) is 0. The van der Waals surface area contributed by atoms with Crippen LogP contribution >= 0.6 is 0 Å². The molecule has 18 heavy (non-hydrogen) atoms. The van der Waals surface area contributed by atoms with Gasteiger partial charge in [-0.1, -0.05) is 6.92 Å². The molecule has 0 saturated carbocycles. The Kier molecular flexibility index (Phi) is 5.86. The summed E-state index contributed by atoms with van der Waals surface area (Å²) in [5.41, 5.74) is 0.00784. The van der Waals surface area contributed by atoms with Crippen molar-refractivity contribution in [2.24, 2.45) is 0 Å². The minimum Gasteiger partial charge on any atom is -0.476 e. The summed E-state index contributed by atoms with van der Waals surface area (Å²) in [6.07, 6.45) is 3.32. The van der Waals surface area contributed by atoms with E-state index in [2.05, 4.69) is 15.6 Å². The highest BCUT2D eigenvalue weighted by Gasteiger charge is 2.06. The van der Waals surface area contributed by atoms with Crippen molar-refractivity contribution >= 4 is 11.9 Å². The third-order valence-electron chi connectivity index (χ3n) is 2.32. The van der Waals surface area contributed by atoms with E-state index in [1.54, 1.807) is 4.57 Å². The lowest BCUT2D eigenvalue weighted by molar-refractivity contribution is -0.121.